The molecule has 43 heavy (non-hydrogen) atoms. The van der Waals surface area contributed by atoms with Crippen LogP contribution >= 0.6 is 0 Å². The van der Waals surface area contributed by atoms with Crippen LogP contribution in [0, 0.1) is 5.92 Å². The molecule has 10 nitrogen and oxygen atoms in total. The van der Waals surface area contributed by atoms with Crippen LogP contribution in [0.4, 0.5) is 0 Å². The van der Waals surface area contributed by atoms with Crippen molar-refractivity contribution in [1.82, 2.24) is 15.0 Å². The summed E-state index contributed by atoms with van der Waals surface area (Å²) in [5, 5.41) is 27.3. The van der Waals surface area contributed by atoms with Gasteiger partial charge in [0.05, 0.1) is 29.7 Å². The van der Waals surface area contributed by atoms with Crippen molar-refractivity contribution >= 4 is 21.8 Å². The minimum absolute atomic E-state index is 0.0642. The Hall–Kier alpha value is -3.61. The van der Waals surface area contributed by atoms with E-state index in [2.05, 4.69) is 10.6 Å². The lowest BCUT2D eigenvalue weighted by molar-refractivity contribution is -0.127. The van der Waals surface area contributed by atoms with Gasteiger partial charge in [-0.3, -0.25) is 15.4 Å². The number of sulfonamides is 1. The van der Waals surface area contributed by atoms with Crippen LogP contribution in [-0.2, 0) is 27.7 Å². The number of amides is 2. The first-order chi connectivity index (χ1) is 20.6. The average molecular weight is 609 g/mol. The molecule has 1 aliphatic carbocycles. The molecular weight excluding hydrogens is 568 g/mol. The third kappa shape index (κ3) is 8.27. The van der Waals surface area contributed by atoms with Crippen molar-refractivity contribution in [1.29, 1.82) is 0 Å². The zero-order valence-electron chi connectivity index (χ0n) is 24.2. The van der Waals surface area contributed by atoms with Crippen LogP contribution in [0.2, 0.25) is 0 Å². The Labute approximate surface area is 252 Å². The van der Waals surface area contributed by atoms with Crippen molar-refractivity contribution in [3.8, 4) is 0 Å². The minimum Gasteiger partial charge on any atom is -0.392 e. The number of nitrogens with two attached hydrogens (primary N) is 1. The predicted molar refractivity (Wildman–Crippen MR) is 163 cm³/mol. The van der Waals surface area contributed by atoms with Gasteiger partial charge < -0.3 is 20.8 Å². The third-order valence-electron chi connectivity index (χ3n) is 7.68. The van der Waals surface area contributed by atoms with Crippen LogP contribution in [0.5, 0.6) is 0 Å². The summed E-state index contributed by atoms with van der Waals surface area (Å²) in [6, 6.07) is 21.7. The highest BCUT2D eigenvalue weighted by molar-refractivity contribution is 7.89. The first-order valence-electron chi connectivity index (χ1n) is 14.5. The molecular formula is C32H40N4O6S. The molecule has 0 bridgehead atoms. The molecule has 230 valence electrons. The number of carbonyl (C=O) groups excluding carboxylic acids is 2. The maximum Gasteiger partial charge on any atom is 0.255 e. The summed E-state index contributed by atoms with van der Waals surface area (Å²) in [7, 11) is -4.19. The molecule has 4 atom stereocenters. The number of hydrogen-bond donors (Lipinski definition) is 5. The fourth-order valence-corrected chi connectivity index (χ4v) is 6.42. The van der Waals surface area contributed by atoms with Gasteiger partial charge in [-0.2, -0.15) is 0 Å². The van der Waals surface area contributed by atoms with Gasteiger partial charge in [0, 0.05) is 24.4 Å². The van der Waals surface area contributed by atoms with E-state index in [0.29, 0.717) is 29.4 Å². The van der Waals surface area contributed by atoms with E-state index in [-0.39, 0.29) is 23.1 Å². The maximum atomic E-state index is 13.5. The number of benzene rings is 3. The molecule has 0 unspecified atom stereocenters. The molecule has 0 spiro atoms. The van der Waals surface area contributed by atoms with Crippen LogP contribution < -0.4 is 16.5 Å². The number of unbranched alkanes of at least 4 members (excludes halogenated alkanes) is 1. The van der Waals surface area contributed by atoms with Crippen LogP contribution in [-0.4, -0.2) is 60.2 Å². The van der Waals surface area contributed by atoms with Gasteiger partial charge in [-0.15, -0.1) is 4.41 Å². The number of hydrogen-bond acceptors (Lipinski definition) is 7. The molecule has 2 amide bonds. The number of hydrazine groups is 1. The molecule has 6 N–H and O–H groups in total. The van der Waals surface area contributed by atoms with E-state index in [1.165, 1.54) is 24.3 Å². The lowest BCUT2D eigenvalue weighted by Gasteiger charge is -2.26. The predicted octanol–water partition coefficient (Wildman–Crippen LogP) is 2.47. The van der Waals surface area contributed by atoms with E-state index in [1.54, 1.807) is 0 Å². The summed E-state index contributed by atoms with van der Waals surface area (Å²) in [5.74, 6) is 4.56. The quantitative estimate of drug-likeness (QED) is 0.107. The Morgan fingerprint density at radius 1 is 1.02 bits per heavy atom. The van der Waals surface area contributed by atoms with E-state index in [9.17, 15) is 28.2 Å². The van der Waals surface area contributed by atoms with Crippen molar-refractivity contribution in [2.45, 2.75) is 62.2 Å². The molecule has 0 saturated heterocycles. The van der Waals surface area contributed by atoms with Crippen molar-refractivity contribution in [2.24, 2.45) is 11.8 Å². The summed E-state index contributed by atoms with van der Waals surface area (Å²) in [4.78, 5) is 25.7. The molecule has 4 rings (SSSR count). The highest BCUT2D eigenvalue weighted by atomic mass is 32.2. The van der Waals surface area contributed by atoms with Crippen molar-refractivity contribution in [3.63, 3.8) is 0 Å². The van der Waals surface area contributed by atoms with E-state index in [4.69, 9.17) is 5.84 Å². The lowest BCUT2D eigenvalue weighted by atomic mass is 9.92. The maximum absolute atomic E-state index is 13.5. The SMILES string of the molecule is CCCCNC(=O)c1ccc(S(=O)(=O)N(N)C[C@@H](O)C[C@@H](Cc2ccccc2)C(=O)N[C@H]2c3ccccc3C[C@H]2O)cc1. The van der Waals surface area contributed by atoms with Crippen LogP contribution in [0.1, 0.15) is 59.3 Å². The van der Waals surface area contributed by atoms with E-state index >= 15 is 0 Å². The van der Waals surface area contributed by atoms with E-state index < -0.39 is 40.7 Å². The minimum atomic E-state index is -4.19. The van der Waals surface area contributed by atoms with Gasteiger partial charge in [0.2, 0.25) is 5.91 Å². The molecule has 0 aromatic heterocycles. The second-order valence-electron chi connectivity index (χ2n) is 10.9. The molecule has 3 aromatic rings. The number of nitrogens with zero attached hydrogens (tertiary/aromatic N) is 1. The Morgan fingerprint density at radius 2 is 1.70 bits per heavy atom. The highest BCUT2D eigenvalue weighted by Crippen LogP contribution is 2.32. The smallest absolute Gasteiger partial charge is 0.255 e. The summed E-state index contributed by atoms with van der Waals surface area (Å²) in [6.45, 7) is 2.09. The summed E-state index contributed by atoms with van der Waals surface area (Å²) in [6.07, 6.45) is 0.403. The Kier molecular flexibility index (Phi) is 11.1. The molecule has 0 fully saturated rings. The van der Waals surface area contributed by atoms with Gasteiger partial charge in [0.1, 0.15) is 0 Å². The first kappa shape index (κ1) is 32.3. The largest absolute Gasteiger partial charge is 0.392 e. The Balaban J connectivity index is 1.43. The van der Waals surface area contributed by atoms with Gasteiger partial charge in [-0.1, -0.05) is 67.9 Å². The van der Waals surface area contributed by atoms with E-state index in [1.807, 2.05) is 61.5 Å². The molecule has 0 radical (unpaired) electrons. The molecule has 1 aliphatic rings. The van der Waals surface area contributed by atoms with Gasteiger partial charge in [0.15, 0.2) is 0 Å². The number of aliphatic hydroxyl groups is 2. The topological polar surface area (TPSA) is 162 Å². The monoisotopic (exact) mass is 608 g/mol. The van der Waals surface area contributed by atoms with Gasteiger partial charge in [0.25, 0.3) is 15.9 Å². The molecule has 3 aromatic carbocycles. The van der Waals surface area contributed by atoms with Crippen molar-refractivity contribution < 1.29 is 28.2 Å². The molecule has 11 heteroatoms. The molecule has 0 aliphatic heterocycles. The van der Waals surface area contributed by atoms with Crippen molar-refractivity contribution in [2.75, 3.05) is 13.1 Å². The average Bonchev–Trinajstić information content (AvgIpc) is 3.31. The number of aliphatic hydroxyl groups excluding tert-OH is 2. The molecule has 0 saturated carbocycles. The lowest BCUT2D eigenvalue weighted by Crippen LogP contribution is -2.45. The number of nitrogens with one attached hydrogen (secondary N) is 2. The summed E-state index contributed by atoms with van der Waals surface area (Å²) < 4.78 is 26.8. The van der Waals surface area contributed by atoms with Crippen molar-refractivity contribution in [3.05, 3.63) is 101 Å². The Morgan fingerprint density at radius 3 is 2.40 bits per heavy atom. The van der Waals surface area contributed by atoms with Gasteiger partial charge in [-0.25, -0.2) is 8.42 Å². The van der Waals surface area contributed by atoms with E-state index in [0.717, 1.165) is 29.5 Å². The number of fused-ring (bicyclic) bond motifs is 1. The van der Waals surface area contributed by atoms with Crippen LogP contribution in [0.25, 0.3) is 0 Å². The third-order valence-corrected chi connectivity index (χ3v) is 9.32. The fraction of sp³-hybridized carbons (Fsp3) is 0.375. The number of rotatable bonds is 14. The second-order valence-corrected chi connectivity index (χ2v) is 12.8. The van der Waals surface area contributed by atoms with Crippen LogP contribution in [0.15, 0.2) is 83.8 Å². The summed E-state index contributed by atoms with van der Waals surface area (Å²) in [5.41, 5.74) is 3.02. The zero-order chi connectivity index (χ0) is 31.0. The number of carbonyl (C=O) groups is 2. The normalized spacial score (nSPS) is 17.7. The van der Waals surface area contributed by atoms with Crippen LogP contribution in [0.3, 0.4) is 0 Å². The van der Waals surface area contributed by atoms with Gasteiger partial charge >= 0.3 is 0 Å². The first-order valence-corrected chi connectivity index (χ1v) is 16.0. The zero-order valence-corrected chi connectivity index (χ0v) is 25.0. The Bertz CT molecular complexity index is 1480. The fourth-order valence-electron chi connectivity index (χ4n) is 5.30. The summed E-state index contributed by atoms with van der Waals surface area (Å²) >= 11 is 0. The second kappa shape index (κ2) is 14.7. The highest BCUT2D eigenvalue weighted by Gasteiger charge is 2.34. The standard InChI is InChI=1S/C32H40N4O6S/c1-2-3-17-34-31(39)23-13-15-27(16-14-23)43(41,42)36(33)21-26(37)19-25(18-22-9-5-4-6-10-22)32(40)35-30-28-12-8-7-11-24(28)20-29(30)38/h4-16,25-26,29-30,37-38H,2-3,17-21,33H2,1H3,(H,34,39)(H,35,40)/t25-,26+,29-,30+/m1/s1. The molecule has 0 heterocycles. The van der Waals surface area contributed by atoms with Gasteiger partial charge in [-0.05, 0) is 60.2 Å².